The normalized spacial score (nSPS) is 22.0. The molecular weight excluding hydrogens is 898 g/mol. The van der Waals surface area contributed by atoms with Gasteiger partial charge in [0, 0.05) is 19.4 Å². The van der Waals surface area contributed by atoms with Crippen molar-refractivity contribution in [2.24, 2.45) is 0 Å². The van der Waals surface area contributed by atoms with Crippen LogP contribution < -0.4 is 0 Å². The molecule has 0 aromatic rings. The molecule has 8 atom stereocenters. The van der Waals surface area contributed by atoms with Crippen molar-refractivity contribution in [3.05, 3.63) is 60.8 Å². The van der Waals surface area contributed by atoms with Crippen LogP contribution in [0.5, 0.6) is 0 Å². The van der Waals surface area contributed by atoms with Gasteiger partial charge in [-0.25, -0.2) is 9.13 Å². The number of hydrogen-bond acceptors (Lipinski definition) is 14. The number of hydrogen-bond donors (Lipinski definition) is 8. The van der Waals surface area contributed by atoms with Crippen LogP contribution in [0.1, 0.15) is 161 Å². The monoisotopic (exact) mass is 981 g/mol. The molecular formula is C47H82O17P2. The van der Waals surface area contributed by atoms with Gasteiger partial charge < -0.3 is 49.7 Å². The van der Waals surface area contributed by atoms with Crippen molar-refractivity contribution < 1.29 is 82.0 Å². The molecule has 0 aliphatic heterocycles. The highest BCUT2D eigenvalue weighted by Crippen LogP contribution is 2.49. The Morgan fingerprint density at radius 2 is 0.955 bits per heavy atom. The molecule has 1 saturated carbocycles. The third-order valence-corrected chi connectivity index (χ3v) is 12.1. The molecule has 0 radical (unpaired) electrons. The van der Waals surface area contributed by atoms with E-state index in [1.807, 2.05) is 18.2 Å². The highest BCUT2D eigenvalue weighted by Gasteiger charge is 2.54. The smallest absolute Gasteiger partial charge is 0.462 e. The van der Waals surface area contributed by atoms with Gasteiger partial charge in [-0.2, -0.15) is 0 Å². The Morgan fingerprint density at radius 3 is 1.48 bits per heavy atom. The number of unbranched alkanes of at least 4 members (excludes halogenated alkanes) is 15. The van der Waals surface area contributed by atoms with Gasteiger partial charge >= 0.3 is 27.6 Å². The molecule has 382 valence electrons. The quantitative estimate of drug-likeness (QED) is 0.0125. The summed E-state index contributed by atoms with van der Waals surface area (Å²) in [6, 6.07) is 0. The molecule has 0 spiro atoms. The molecule has 0 bridgehead atoms. The van der Waals surface area contributed by atoms with Gasteiger partial charge in [-0.15, -0.1) is 0 Å². The van der Waals surface area contributed by atoms with Crippen LogP contribution >= 0.6 is 15.6 Å². The lowest BCUT2D eigenvalue weighted by Crippen LogP contribution is -2.64. The Morgan fingerprint density at radius 1 is 0.515 bits per heavy atom. The second-order valence-electron chi connectivity index (χ2n) is 16.5. The van der Waals surface area contributed by atoms with Crippen LogP contribution in [0.15, 0.2) is 60.8 Å². The molecule has 0 saturated heterocycles. The Hall–Kier alpha value is -2.34. The fourth-order valence-electron chi connectivity index (χ4n) is 6.87. The molecule has 1 rings (SSSR count). The Kier molecular flexibility index (Phi) is 36.0. The van der Waals surface area contributed by atoms with E-state index in [0.29, 0.717) is 25.7 Å². The number of phosphoric acid groups is 2. The predicted octanol–water partition coefficient (Wildman–Crippen LogP) is 8.03. The number of carbonyl (C=O) groups excluding carboxylic acids is 2. The fourth-order valence-corrected chi connectivity index (χ4v) is 8.41. The van der Waals surface area contributed by atoms with Crippen LogP contribution in [-0.2, 0) is 41.8 Å². The van der Waals surface area contributed by atoms with E-state index in [1.165, 1.54) is 25.7 Å². The fraction of sp³-hybridized carbons (Fsp3) is 0.745. The maximum absolute atomic E-state index is 13.0. The molecule has 66 heavy (non-hydrogen) atoms. The van der Waals surface area contributed by atoms with Gasteiger partial charge in [0.15, 0.2) is 6.10 Å². The zero-order valence-corrected chi connectivity index (χ0v) is 40.8. The summed E-state index contributed by atoms with van der Waals surface area (Å²) in [5.41, 5.74) is 0. The predicted molar refractivity (Wildman–Crippen MR) is 252 cm³/mol. The maximum Gasteiger partial charge on any atom is 0.472 e. The molecule has 1 aliphatic rings. The Bertz CT molecular complexity index is 1510. The first-order valence-electron chi connectivity index (χ1n) is 23.9. The molecule has 0 amide bonds. The van der Waals surface area contributed by atoms with Gasteiger partial charge in [0.25, 0.3) is 0 Å². The van der Waals surface area contributed by atoms with E-state index in [9.17, 15) is 53.8 Å². The summed E-state index contributed by atoms with van der Waals surface area (Å²) in [5.74, 6) is -1.29. The van der Waals surface area contributed by atoms with Crippen molar-refractivity contribution in [1.29, 1.82) is 0 Å². The minimum atomic E-state index is -5.38. The first kappa shape index (κ1) is 61.7. The van der Waals surface area contributed by atoms with Crippen molar-refractivity contribution in [2.45, 2.75) is 204 Å². The van der Waals surface area contributed by atoms with E-state index in [2.05, 4.69) is 54.0 Å². The van der Waals surface area contributed by atoms with E-state index in [4.69, 9.17) is 23.6 Å². The van der Waals surface area contributed by atoms with Gasteiger partial charge in [-0.1, -0.05) is 125 Å². The zero-order valence-electron chi connectivity index (χ0n) is 39.1. The van der Waals surface area contributed by atoms with Crippen molar-refractivity contribution in [3.63, 3.8) is 0 Å². The third-order valence-electron chi connectivity index (χ3n) is 10.6. The number of allylic oxidation sites excluding steroid dienone is 10. The highest BCUT2D eigenvalue weighted by molar-refractivity contribution is 7.47. The van der Waals surface area contributed by atoms with Crippen LogP contribution in [0.4, 0.5) is 0 Å². The topological polar surface area (TPSA) is 276 Å². The minimum absolute atomic E-state index is 0.0444. The largest absolute Gasteiger partial charge is 0.472 e. The molecule has 19 heteroatoms. The summed E-state index contributed by atoms with van der Waals surface area (Å²) < 4.78 is 49.3. The average Bonchev–Trinajstić information content (AvgIpc) is 3.27. The van der Waals surface area contributed by atoms with Crippen LogP contribution in [0.3, 0.4) is 0 Å². The number of aliphatic hydroxyl groups excluding tert-OH is 5. The first-order valence-corrected chi connectivity index (χ1v) is 27.0. The molecule has 5 unspecified atom stereocenters. The summed E-state index contributed by atoms with van der Waals surface area (Å²) in [6.07, 6.45) is 27.6. The van der Waals surface area contributed by atoms with Crippen LogP contribution in [0, 0.1) is 0 Å². The summed E-state index contributed by atoms with van der Waals surface area (Å²) >= 11 is 0. The van der Waals surface area contributed by atoms with Crippen LogP contribution in [0.2, 0.25) is 0 Å². The number of aliphatic hydroxyl groups is 5. The lowest BCUT2D eigenvalue weighted by molar-refractivity contribution is -0.216. The molecule has 8 N–H and O–H groups in total. The van der Waals surface area contributed by atoms with Crippen LogP contribution in [-0.4, -0.2) is 115 Å². The van der Waals surface area contributed by atoms with Crippen LogP contribution in [0.25, 0.3) is 0 Å². The summed E-state index contributed by atoms with van der Waals surface area (Å²) in [4.78, 5) is 54.3. The number of ether oxygens (including phenoxy) is 2. The summed E-state index contributed by atoms with van der Waals surface area (Å²) in [7, 11) is -10.7. The van der Waals surface area contributed by atoms with Gasteiger partial charge in [-0.3, -0.25) is 23.2 Å². The summed E-state index contributed by atoms with van der Waals surface area (Å²) in [6.45, 7) is 1.05. The number of phosphoric ester groups is 2. The average molecular weight is 981 g/mol. The van der Waals surface area contributed by atoms with Gasteiger partial charge in [-0.05, 0) is 83.5 Å². The Balaban J connectivity index is 2.63. The Labute approximate surface area is 392 Å². The second kappa shape index (κ2) is 38.5. The third kappa shape index (κ3) is 32.4. The summed E-state index contributed by atoms with van der Waals surface area (Å²) in [5, 5.41) is 50.0. The van der Waals surface area contributed by atoms with Crippen molar-refractivity contribution in [1.82, 2.24) is 0 Å². The van der Waals surface area contributed by atoms with Crippen molar-refractivity contribution >= 4 is 27.6 Å². The van der Waals surface area contributed by atoms with Crippen molar-refractivity contribution in [2.75, 3.05) is 19.8 Å². The van der Waals surface area contributed by atoms with E-state index < -0.39 is 83.5 Å². The number of rotatable bonds is 40. The molecule has 17 nitrogen and oxygen atoms in total. The van der Waals surface area contributed by atoms with E-state index in [0.717, 1.165) is 89.9 Å². The number of carbonyl (C=O) groups is 2. The molecule has 0 heterocycles. The first-order chi connectivity index (χ1) is 31.6. The molecule has 1 aliphatic carbocycles. The van der Waals surface area contributed by atoms with Crippen molar-refractivity contribution in [3.8, 4) is 0 Å². The van der Waals surface area contributed by atoms with Gasteiger partial charge in [0.05, 0.1) is 6.61 Å². The van der Waals surface area contributed by atoms with E-state index in [1.54, 1.807) is 0 Å². The van der Waals surface area contributed by atoms with E-state index in [-0.39, 0.29) is 19.4 Å². The maximum atomic E-state index is 13.0. The molecule has 1 fully saturated rings. The van der Waals surface area contributed by atoms with Gasteiger partial charge in [0.1, 0.15) is 43.2 Å². The zero-order chi connectivity index (χ0) is 48.9. The standard InChI is InChI=1S/C47H82O17P2/c1-2-3-4-5-6-7-8-9-13-16-19-22-25-28-31-34-40(49)60-37-39(38-61-66(58,59)64-47-44(53)42(51)43(52)46(45(47)54)63-65(55,56)57)62-41(50)35-32-29-26-23-20-17-14-11-10-12-15-18-21-24-27-30-33-36-48/h7-8,10,12,14,17-18,21,23,26,39,42-48,51-54H,2-6,9,11,13,15-16,19-20,22,24-25,27-38H2,1H3,(H,58,59)(H2,55,56,57)/b8-7-,12-10-,17-14-,21-18-,26-23-/t39-,42?,43?,44?,45?,46-,47+/m1/s1. The van der Waals surface area contributed by atoms with Gasteiger partial charge in [0.2, 0.25) is 0 Å². The SMILES string of the molecule is CCCCCC/C=C\CCCCCCCCCC(=O)OC[C@H](COP(=O)(O)O[C@H]1C(O)C(O)C(O)[C@@H](OP(=O)(O)O)C1O)OC(=O)CCC/C=C\C/C=C\C/C=C\C/C=C\CCCCCO. The van der Waals surface area contributed by atoms with E-state index >= 15 is 0 Å². The second-order valence-corrected chi connectivity index (χ2v) is 19.1. The molecule has 0 aromatic heterocycles. The number of esters is 2. The lowest BCUT2D eigenvalue weighted by Gasteiger charge is -2.43. The minimum Gasteiger partial charge on any atom is -0.462 e. The lowest BCUT2D eigenvalue weighted by atomic mass is 9.85. The highest BCUT2D eigenvalue weighted by atomic mass is 31.2. The molecule has 0 aromatic carbocycles.